The summed E-state index contributed by atoms with van der Waals surface area (Å²) in [7, 11) is 0. The van der Waals surface area contributed by atoms with Gasteiger partial charge in [-0.05, 0) is 43.2 Å². The third-order valence-electron chi connectivity index (χ3n) is 5.30. The number of ether oxygens (including phenoxy) is 1. The molecule has 1 saturated carbocycles. The highest BCUT2D eigenvalue weighted by Crippen LogP contribution is 2.49. The number of nitrogens with one attached hydrogen (secondary N) is 1. The predicted molar refractivity (Wildman–Crippen MR) is 98.9 cm³/mol. The second-order valence-electron chi connectivity index (χ2n) is 7.18. The molecule has 2 aromatic carbocycles. The average Bonchev–Trinajstić information content (AvgIpc) is 3.34. The van der Waals surface area contributed by atoms with E-state index in [1.807, 2.05) is 31.2 Å². The minimum absolute atomic E-state index is 0.00940. The number of nitrogens with zero attached hydrogens (tertiary/aromatic N) is 1. The van der Waals surface area contributed by atoms with Gasteiger partial charge in [0.15, 0.2) is 0 Å². The van der Waals surface area contributed by atoms with Gasteiger partial charge < -0.3 is 10.1 Å². The SMILES string of the molecule is CC(NC(=O)C1CC1c1c(F)cccc1F)c1cccc(N2CCOC2=O)c1. The van der Waals surface area contributed by atoms with Crippen molar-refractivity contribution in [2.45, 2.75) is 25.3 Å². The summed E-state index contributed by atoms with van der Waals surface area (Å²) in [5.74, 6) is -2.33. The Labute approximate surface area is 161 Å². The van der Waals surface area contributed by atoms with Gasteiger partial charge in [-0.25, -0.2) is 13.6 Å². The molecule has 4 rings (SSSR count). The van der Waals surface area contributed by atoms with Gasteiger partial charge in [0.25, 0.3) is 0 Å². The average molecular weight is 386 g/mol. The number of halogens is 2. The fourth-order valence-corrected chi connectivity index (χ4v) is 3.66. The van der Waals surface area contributed by atoms with Crippen molar-refractivity contribution in [3.05, 3.63) is 65.2 Å². The molecule has 1 heterocycles. The van der Waals surface area contributed by atoms with Crippen LogP contribution in [0.4, 0.5) is 19.3 Å². The first-order chi connectivity index (χ1) is 13.5. The number of carbonyl (C=O) groups excluding carboxylic acids is 2. The molecule has 0 aromatic heterocycles. The molecule has 0 radical (unpaired) electrons. The van der Waals surface area contributed by atoms with E-state index >= 15 is 0 Å². The van der Waals surface area contributed by atoms with Crippen molar-refractivity contribution in [3.8, 4) is 0 Å². The zero-order chi connectivity index (χ0) is 19.8. The van der Waals surface area contributed by atoms with Gasteiger partial charge in [-0.15, -0.1) is 0 Å². The molecule has 3 unspecified atom stereocenters. The zero-order valence-electron chi connectivity index (χ0n) is 15.3. The van der Waals surface area contributed by atoms with Crippen molar-refractivity contribution in [2.24, 2.45) is 5.92 Å². The highest BCUT2D eigenvalue weighted by atomic mass is 19.1. The van der Waals surface area contributed by atoms with Crippen molar-refractivity contribution >= 4 is 17.7 Å². The summed E-state index contributed by atoms with van der Waals surface area (Å²) in [4.78, 5) is 25.8. The number of carbonyl (C=O) groups is 2. The first-order valence-corrected chi connectivity index (χ1v) is 9.24. The lowest BCUT2D eigenvalue weighted by atomic mass is 10.1. The molecule has 7 heteroatoms. The smallest absolute Gasteiger partial charge is 0.414 e. The van der Waals surface area contributed by atoms with Crippen LogP contribution in [-0.4, -0.2) is 25.2 Å². The van der Waals surface area contributed by atoms with E-state index < -0.39 is 23.5 Å². The van der Waals surface area contributed by atoms with Crippen LogP contribution >= 0.6 is 0 Å². The summed E-state index contributed by atoms with van der Waals surface area (Å²) in [6.45, 7) is 2.67. The number of hydrogen-bond acceptors (Lipinski definition) is 3. The minimum Gasteiger partial charge on any atom is -0.447 e. The number of amides is 2. The molecule has 2 amide bonds. The van der Waals surface area contributed by atoms with Crippen LogP contribution in [0.1, 0.15) is 36.4 Å². The second-order valence-corrected chi connectivity index (χ2v) is 7.18. The third-order valence-corrected chi connectivity index (χ3v) is 5.30. The Morgan fingerprint density at radius 1 is 1.21 bits per heavy atom. The summed E-state index contributed by atoms with van der Waals surface area (Å²) >= 11 is 0. The van der Waals surface area contributed by atoms with Crippen LogP contribution in [0.15, 0.2) is 42.5 Å². The number of rotatable bonds is 5. The van der Waals surface area contributed by atoms with Gasteiger partial charge in [0.2, 0.25) is 5.91 Å². The number of anilines is 1. The van der Waals surface area contributed by atoms with Crippen molar-refractivity contribution in [1.82, 2.24) is 5.32 Å². The molecule has 5 nitrogen and oxygen atoms in total. The maximum absolute atomic E-state index is 13.9. The largest absolute Gasteiger partial charge is 0.447 e. The normalized spacial score (nSPS) is 22.0. The lowest BCUT2D eigenvalue weighted by Gasteiger charge is -2.18. The van der Waals surface area contributed by atoms with E-state index in [1.165, 1.54) is 23.1 Å². The van der Waals surface area contributed by atoms with E-state index in [0.29, 0.717) is 25.3 Å². The second kappa shape index (κ2) is 7.22. The monoisotopic (exact) mass is 386 g/mol. The molecule has 0 spiro atoms. The molecule has 0 bridgehead atoms. The van der Waals surface area contributed by atoms with Crippen LogP contribution in [0.3, 0.4) is 0 Å². The summed E-state index contributed by atoms with van der Waals surface area (Å²) < 4.78 is 32.8. The third kappa shape index (κ3) is 3.44. The van der Waals surface area contributed by atoms with Gasteiger partial charge >= 0.3 is 6.09 Å². The van der Waals surface area contributed by atoms with E-state index in [-0.39, 0.29) is 23.6 Å². The first kappa shape index (κ1) is 18.4. The van der Waals surface area contributed by atoms with Gasteiger partial charge in [-0.2, -0.15) is 0 Å². The summed E-state index contributed by atoms with van der Waals surface area (Å²) in [6.07, 6.45) is 0.0392. The molecular formula is C21H20F2N2O3. The molecular weight excluding hydrogens is 366 g/mol. The topological polar surface area (TPSA) is 58.6 Å². The minimum atomic E-state index is -0.612. The van der Waals surface area contributed by atoms with E-state index in [1.54, 1.807) is 0 Å². The fourth-order valence-electron chi connectivity index (χ4n) is 3.66. The molecule has 1 aliphatic heterocycles. The lowest BCUT2D eigenvalue weighted by Crippen LogP contribution is -2.29. The number of benzene rings is 2. The Balaban J connectivity index is 1.42. The number of cyclic esters (lactones) is 1. The van der Waals surface area contributed by atoms with E-state index in [4.69, 9.17) is 4.74 Å². The molecule has 2 aliphatic rings. The Bertz CT molecular complexity index is 913. The quantitative estimate of drug-likeness (QED) is 0.848. The van der Waals surface area contributed by atoms with Gasteiger partial charge in [-0.3, -0.25) is 9.69 Å². The first-order valence-electron chi connectivity index (χ1n) is 9.24. The maximum atomic E-state index is 13.9. The van der Waals surface area contributed by atoms with Crippen molar-refractivity contribution in [2.75, 3.05) is 18.1 Å². The molecule has 2 fully saturated rings. The molecule has 28 heavy (non-hydrogen) atoms. The van der Waals surface area contributed by atoms with E-state index in [0.717, 1.165) is 5.56 Å². The van der Waals surface area contributed by atoms with Crippen LogP contribution in [-0.2, 0) is 9.53 Å². The predicted octanol–water partition coefficient (Wildman–Crippen LogP) is 3.90. The van der Waals surface area contributed by atoms with Crippen molar-refractivity contribution in [3.63, 3.8) is 0 Å². The lowest BCUT2D eigenvalue weighted by molar-refractivity contribution is -0.123. The molecule has 1 N–H and O–H groups in total. The summed E-state index contributed by atoms with van der Waals surface area (Å²) in [5.41, 5.74) is 1.53. The van der Waals surface area contributed by atoms with E-state index in [2.05, 4.69) is 5.32 Å². The maximum Gasteiger partial charge on any atom is 0.414 e. The van der Waals surface area contributed by atoms with Crippen LogP contribution in [0.2, 0.25) is 0 Å². The van der Waals surface area contributed by atoms with Crippen molar-refractivity contribution in [1.29, 1.82) is 0 Å². The highest BCUT2D eigenvalue weighted by Gasteiger charge is 2.46. The fraction of sp³-hybridized carbons (Fsp3) is 0.333. The van der Waals surface area contributed by atoms with Crippen LogP contribution < -0.4 is 10.2 Å². The zero-order valence-corrected chi connectivity index (χ0v) is 15.3. The Kier molecular flexibility index (Phi) is 4.75. The summed E-state index contributed by atoms with van der Waals surface area (Å²) in [6, 6.07) is 10.7. The Hall–Kier alpha value is -2.96. The van der Waals surface area contributed by atoms with Crippen LogP contribution in [0.25, 0.3) is 0 Å². The van der Waals surface area contributed by atoms with Gasteiger partial charge in [-0.1, -0.05) is 18.2 Å². The van der Waals surface area contributed by atoms with E-state index in [9.17, 15) is 18.4 Å². The highest BCUT2D eigenvalue weighted by molar-refractivity contribution is 5.89. The molecule has 1 aliphatic carbocycles. The molecule has 2 aromatic rings. The van der Waals surface area contributed by atoms with Crippen molar-refractivity contribution < 1.29 is 23.1 Å². The summed E-state index contributed by atoms with van der Waals surface area (Å²) in [5, 5.41) is 2.91. The molecule has 3 atom stereocenters. The Morgan fingerprint density at radius 3 is 2.61 bits per heavy atom. The molecule has 1 saturated heterocycles. The standard InChI is InChI=1S/C21H20F2N2O3/c1-12(13-4-2-5-14(10-13)25-8-9-28-21(25)27)24-20(26)16-11-15(16)19-17(22)6-3-7-18(19)23/h2-7,10,12,15-16H,8-9,11H2,1H3,(H,24,26). The van der Waals surface area contributed by atoms with Crippen LogP contribution in [0.5, 0.6) is 0 Å². The number of hydrogen-bond donors (Lipinski definition) is 1. The Morgan fingerprint density at radius 2 is 1.93 bits per heavy atom. The van der Waals surface area contributed by atoms with Crippen LogP contribution in [0, 0.1) is 17.6 Å². The molecule has 146 valence electrons. The van der Waals surface area contributed by atoms with Gasteiger partial charge in [0.05, 0.1) is 12.6 Å². The van der Waals surface area contributed by atoms with Gasteiger partial charge in [0.1, 0.15) is 18.2 Å². The van der Waals surface area contributed by atoms with Gasteiger partial charge in [0, 0.05) is 23.1 Å².